The first kappa shape index (κ1) is 20.1. The number of aryl methyl sites for hydroxylation is 1. The zero-order valence-corrected chi connectivity index (χ0v) is 17.1. The Labute approximate surface area is 178 Å². The molecule has 1 amide bonds. The fourth-order valence-corrected chi connectivity index (χ4v) is 3.24. The molecule has 0 radical (unpaired) electrons. The number of aromatic nitrogens is 4. The minimum atomic E-state index is -0.353. The van der Waals surface area contributed by atoms with Crippen molar-refractivity contribution in [1.82, 2.24) is 24.6 Å². The molecule has 0 spiro atoms. The Hall–Kier alpha value is -4.20. The van der Waals surface area contributed by atoms with Gasteiger partial charge in [0.05, 0.1) is 18.9 Å². The van der Waals surface area contributed by atoms with Gasteiger partial charge >= 0.3 is 0 Å². The lowest BCUT2D eigenvalue weighted by atomic mass is 10.1. The highest BCUT2D eigenvalue weighted by molar-refractivity contribution is 5.96. The van der Waals surface area contributed by atoms with Crippen molar-refractivity contribution in [2.75, 3.05) is 7.11 Å². The van der Waals surface area contributed by atoms with Gasteiger partial charge in [-0.25, -0.2) is 0 Å². The third-order valence-corrected chi connectivity index (χ3v) is 4.80. The number of hydrogen-bond donors (Lipinski definition) is 1. The van der Waals surface area contributed by atoms with Crippen LogP contribution in [0.25, 0.3) is 16.8 Å². The highest BCUT2D eigenvalue weighted by atomic mass is 16.5. The van der Waals surface area contributed by atoms with Gasteiger partial charge in [0.2, 0.25) is 0 Å². The Morgan fingerprint density at radius 2 is 1.87 bits per heavy atom. The average Bonchev–Trinajstić information content (AvgIpc) is 3.24. The molecule has 3 aromatic heterocycles. The van der Waals surface area contributed by atoms with Crippen LogP contribution in [0.3, 0.4) is 0 Å². The van der Waals surface area contributed by atoms with E-state index in [9.17, 15) is 9.59 Å². The Bertz CT molecular complexity index is 1280. The Balaban J connectivity index is 1.57. The molecule has 156 valence electrons. The Kier molecular flexibility index (Phi) is 5.61. The Morgan fingerprint density at radius 3 is 2.58 bits per heavy atom. The molecule has 3 heterocycles. The minimum absolute atomic E-state index is 0.219. The molecule has 0 aliphatic heterocycles. The second kappa shape index (κ2) is 8.66. The molecule has 0 saturated carbocycles. The summed E-state index contributed by atoms with van der Waals surface area (Å²) < 4.78 is 8.41. The summed E-state index contributed by atoms with van der Waals surface area (Å²) in [7, 11) is 3.28. The van der Waals surface area contributed by atoms with Crippen LogP contribution in [0.2, 0.25) is 0 Å². The van der Waals surface area contributed by atoms with E-state index in [0.717, 1.165) is 16.7 Å². The number of nitrogens with one attached hydrogen (secondary N) is 1. The van der Waals surface area contributed by atoms with Crippen LogP contribution >= 0.6 is 0 Å². The van der Waals surface area contributed by atoms with Gasteiger partial charge in [-0.2, -0.15) is 5.10 Å². The van der Waals surface area contributed by atoms with E-state index >= 15 is 0 Å². The lowest BCUT2D eigenvalue weighted by molar-refractivity contribution is 0.0947. The van der Waals surface area contributed by atoms with E-state index in [1.165, 1.54) is 23.9 Å². The maximum Gasteiger partial charge on any atom is 0.258 e. The standard InChI is InChI=1S/C23H21N5O3/c1-27-14-18(13-26-27)17-8-16(10-24-12-17)11-25-23(30)20-15-28(19-6-4-3-5-7-19)22(29)9-21(20)31-2/h3-10,12-15H,11H2,1-2H3,(H,25,30). The highest BCUT2D eigenvalue weighted by Crippen LogP contribution is 2.19. The van der Waals surface area contributed by atoms with E-state index in [1.807, 2.05) is 37.5 Å². The van der Waals surface area contributed by atoms with Crippen LogP contribution in [0, 0.1) is 0 Å². The average molecular weight is 415 g/mol. The molecule has 31 heavy (non-hydrogen) atoms. The predicted octanol–water partition coefficient (Wildman–Crippen LogP) is 2.57. The quantitative estimate of drug-likeness (QED) is 0.523. The molecule has 8 nitrogen and oxygen atoms in total. The highest BCUT2D eigenvalue weighted by Gasteiger charge is 2.16. The van der Waals surface area contributed by atoms with Crippen molar-refractivity contribution in [3.05, 3.63) is 94.9 Å². The molecule has 0 aliphatic carbocycles. The molecule has 0 aliphatic rings. The topological polar surface area (TPSA) is 91.0 Å². The van der Waals surface area contributed by atoms with Crippen molar-refractivity contribution >= 4 is 5.91 Å². The fraction of sp³-hybridized carbons (Fsp3) is 0.130. The lowest BCUT2D eigenvalue weighted by Crippen LogP contribution is -2.27. The van der Waals surface area contributed by atoms with Gasteiger partial charge in [0, 0.05) is 61.3 Å². The smallest absolute Gasteiger partial charge is 0.258 e. The summed E-state index contributed by atoms with van der Waals surface area (Å²) in [5.74, 6) is -0.134. The summed E-state index contributed by atoms with van der Waals surface area (Å²) in [6, 6.07) is 12.4. The van der Waals surface area contributed by atoms with Crippen molar-refractivity contribution in [3.63, 3.8) is 0 Å². The number of pyridine rings is 2. The SMILES string of the molecule is COc1cc(=O)n(-c2ccccc2)cc1C(=O)NCc1cncc(-c2cnn(C)c2)c1. The van der Waals surface area contributed by atoms with Gasteiger partial charge in [0.25, 0.3) is 11.5 Å². The molecule has 0 atom stereocenters. The van der Waals surface area contributed by atoms with Crippen molar-refractivity contribution in [3.8, 4) is 22.6 Å². The summed E-state index contributed by atoms with van der Waals surface area (Å²) in [5.41, 5.74) is 3.34. The van der Waals surface area contributed by atoms with Gasteiger partial charge in [-0.1, -0.05) is 18.2 Å². The van der Waals surface area contributed by atoms with E-state index in [2.05, 4.69) is 15.4 Å². The van der Waals surface area contributed by atoms with Crippen LogP contribution in [0.5, 0.6) is 5.75 Å². The van der Waals surface area contributed by atoms with Gasteiger partial charge in [-0.05, 0) is 23.8 Å². The maximum absolute atomic E-state index is 12.9. The minimum Gasteiger partial charge on any atom is -0.496 e. The van der Waals surface area contributed by atoms with Crippen LogP contribution < -0.4 is 15.6 Å². The van der Waals surface area contributed by atoms with Crippen molar-refractivity contribution < 1.29 is 9.53 Å². The number of methoxy groups -OCH3 is 1. The summed E-state index contributed by atoms with van der Waals surface area (Å²) in [6.07, 6.45) is 8.60. The number of ether oxygens (including phenoxy) is 1. The summed E-state index contributed by atoms with van der Waals surface area (Å²) in [6.45, 7) is 0.271. The summed E-state index contributed by atoms with van der Waals surface area (Å²) in [4.78, 5) is 29.6. The molecule has 0 bridgehead atoms. The van der Waals surface area contributed by atoms with Gasteiger partial charge in [-0.15, -0.1) is 0 Å². The molecule has 4 aromatic rings. The van der Waals surface area contributed by atoms with Gasteiger partial charge in [0.15, 0.2) is 0 Å². The number of carbonyl (C=O) groups is 1. The summed E-state index contributed by atoms with van der Waals surface area (Å²) >= 11 is 0. The first-order valence-corrected chi connectivity index (χ1v) is 9.62. The molecule has 0 unspecified atom stereocenters. The number of amides is 1. The molecule has 8 heteroatoms. The normalized spacial score (nSPS) is 10.6. The molecule has 1 aromatic carbocycles. The second-order valence-corrected chi connectivity index (χ2v) is 6.97. The molecule has 0 saturated heterocycles. The van der Waals surface area contributed by atoms with Crippen molar-refractivity contribution in [2.24, 2.45) is 7.05 Å². The van der Waals surface area contributed by atoms with Crippen molar-refractivity contribution in [2.45, 2.75) is 6.54 Å². The Morgan fingerprint density at radius 1 is 1.06 bits per heavy atom. The number of nitrogens with zero attached hydrogens (tertiary/aromatic N) is 4. The van der Waals surface area contributed by atoms with Crippen molar-refractivity contribution in [1.29, 1.82) is 0 Å². The van der Waals surface area contributed by atoms with Gasteiger partial charge < -0.3 is 10.1 Å². The first-order chi connectivity index (χ1) is 15.0. The van der Waals surface area contributed by atoms with Gasteiger partial charge in [-0.3, -0.25) is 23.8 Å². The largest absolute Gasteiger partial charge is 0.496 e. The van der Waals surface area contributed by atoms with E-state index in [1.54, 1.807) is 35.4 Å². The number of carbonyl (C=O) groups excluding carboxylic acids is 1. The van der Waals surface area contributed by atoms with Crippen LogP contribution in [0.15, 0.2) is 78.2 Å². The molecular weight excluding hydrogens is 394 g/mol. The fourth-order valence-electron chi connectivity index (χ4n) is 3.24. The second-order valence-electron chi connectivity index (χ2n) is 6.97. The van der Waals surface area contributed by atoms with E-state index in [-0.39, 0.29) is 29.3 Å². The number of para-hydroxylation sites is 1. The third-order valence-electron chi connectivity index (χ3n) is 4.80. The van der Waals surface area contributed by atoms with Crippen LogP contribution in [-0.4, -0.2) is 32.3 Å². The lowest BCUT2D eigenvalue weighted by Gasteiger charge is -2.13. The van der Waals surface area contributed by atoms with Crippen LogP contribution in [0.1, 0.15) is 15.9 Å². The van der Waals surface area contributed by atoms with E-state index < -0.39 is 0 Å². The zero-order valence-electron chi connectivity index (χ0n) is 17.1. The monoisotopic (exact) mass is 415 g/mol. The third kappa shape index (κ3) is 4.37. The number of hydrogen-bond acceptors (Lipinski definition) is 5. The van der Waals surface area contributed by atoms with E-state index in [0.29, 0.717) is 5.69 Å². The predicted molar refractivity (Wildman–Crippen MR) is 116 cm³/mol. The molecule has 1 N–H and O–H groups in total. The van der Waals surface area contributed by atoms with Crippen LogP contribution in [-0.2, 0) is 13.6 Å². The van der Waals surface area contributed by atoms with Crippen LogP contribution in [0.4, 0.5) is 0 Å². The molecular formula is C23H21N5O3. The maximum atomic E-state index is 12.9. The number of rotatable bonds is 6. The summed E-state index contributed by atoms with van der Waals surface area (Å²) in [5, 5.41) is 7.05. The molecule has 4 rings (SSSR count). The number of benzene rings is 1. The molecule has 0 fully saturated rings. The van der Waals surface area contributed by atoms with E-state index in [4.69, 9.17) is 4.74 Å². The zero-order chi connectivity index (χ0) is 21.8. The van der Waals surface area contributed by atoms with Gasteiger partial charge in [0.1, 0.15) is 5.75 Å². The first-order valence-electron chi connectivity index (χ1n) is 9.62.